The highest BCUT2D eigenvalue weighted by Gasteiger charge is 2.21. The van der Waals surface area contributed by atoms with Gasteiger partial charge in [0.2, 0.25) is 0 Å². The van der Waals surface area contributed by atoms with Gasteiger partial charge in [-0.2, -0.15) is 0 Å². The maximum Gasteiger partial charge on any atom is 0.0694 e. The van der Waals surface area contributed by atoms with Crippen LogP contribution in [-0.4, -0.2) is 31.0 Å². The van der Waals surface area contributed by atoms with Gasteiger partial charge in [-0.25, -0.2) is 0 Å². The van der Waals surface area contributed by atoms with E-state index < -0.39 is 0 Å². The monoisotopic (exact) mass is 327 g/mol. The zero-order chi connectivity index (χ0) is 13.7. The number of aryl methyl sites for hydroxylation is 1. The van der Waals surface area contributed by atoms with Crippen LogP contribution in [-0.2, 0) is 11.3 Å². The fourth-order valence-electron chi connectivity index (χ4n) is 2.42. The second kappa shape index (κ2) is 7.39. The van der Waals surface area contributed by atoms with Crippen LogP contribution in [0.3, 0.4) is 0 Å². The summed E-state index contributed by atoms with van der Waals surface area (Å²) in [5.41, 5.74) is 2.47. The summed E-state index contributed by atoms with van der Waals surface area (Å²) in [5.74, 6) is 0.378. The van der Waals surface area contributed by atoms with Gasteiger partial charge in [-0.3, -0.25) is 0 Å². The average Bonchev–Trinajstić information content (AvgIpc) is 2.42. The third-order valence-corrected chi connectivity index (χ3v) is 4.43. The molecule has 0 spiro atoms. The van der Waals surface area contributed by atoms with E-state index >= 15 is 0 Å². The number of nitrogens with one attached hydrogen (secondary N) is 1. The highest BCUT2D eigenvalue weighted by molar-refractivity contribution is 9.10. The van der Waals surface area contributed by atoms with Crippen molar-refractivity contribution in [2.75, 3.05) is 19.8 Å². The van der Waals surface area contributed by atoms with Gasteiger partial charge < -0.3 is 15.2 Å². The van der Waals surface area contributed by atoms with E-state index in [-0.39, 0.29) is 6.10 Å². The number of ether oxygens (including phenoxy) is 1. The van der Waals surface area contributed by atoms with E-state index in [4.69, 9.17) is 4.74 Å². The molecule has 106 valence electrons. The van der Waals surface area contributed by atoms with Crippen molar-refractivity contribution in [2.45, 2.75) is 32.4 Å². The number of aliphatic hydroxyl groups is 1. The van der Waals surface area contributed by atoms with E-state index in [9.17, 15) is 5.11 Å². The first-order chi connectivity index (χ1) is 9.16. The third kappa shape index (κ3) is 4.56. The zero-order valence-corrected chi connectivity index (χ0v) is 12.9. The molecule has 0 radical (unpaired) electrons. The highest BCUT2D eigenvalue weighted by atomic mass is 79.9. The van der Waals surface area contributed by atoms with Gasteiger partial charge in [-0.05, 0) is 42.9 Å². The van der Waals surface area contributed by atoms with Gasteiger partial charge in [0, 0.05) is 30.8 Å². The first-order valence-electron chi connectivity index (χ1n) is 6.88. The van der Waals surface area contributed by atoms with E-state index in [1.807, 2.05) is 0 Å². The van der Waals surface area contributed by atoms with Gasteiger partial charge >= 0.3 is 0 Å². The number of aliphatic hydroxyl groups excluding tert-OH is 1. The Bertz CT molecular complexity index is 405. The molecule has 1 heterocycles. The van der Waals surface area contributed by atoms with Crippen molar-refractivity contribution in [3.05, 3.63) is 33.8 Å². The molecule has 1 saturated heterocycles. The molecule has 0 saturated carbocycles. The van der Waals surface area contributed by atoms with E-state index in [0.717, 1.165) is 37.1 Å². The Balaban J connectivity index is 1.76. The van der Waals surface area contributed by atoms with Crippen molar-refractivity contribution in [1.29, 1.82) is 0 Å². The summed E-state index contributed by atoms with van der Waals surface area (Å²) in [6.07, 6.45) is 1.67. The van der Waals surface area contributed by atoms with Crippen LogP contribution < -0.4 is 5.32 Å². The molecule has 0 bridgehead atoms. The molecule has 1 aliphatic rings. The van der Waals surface area contributed by atoms with E-state index in [2.05, 4.69) is 46.4 Å². The van der Waals surface area contributed by atoms with Gasteiger partial charge in [0.25, 0.3) is 0 Å². The Hall–Kier alpha value is -0.420. The normalized spacial score (nSPS) is 18.5. The topological polar surface area (TPSA) is 41.5 Å². The van der Waals surface area contributed by atoms with Crippen LogP contribution in [0.1, 0.15) is 24.0 Å². The standard InChI is InChI=1S/C15H22BrNO2/c1-11-2-3-13(14(16)8-11)9-17-10-15(18)12-4-6-19-7-5-12/h2-3,8,12,15,17-18H,4-7,9-10H2,1H3/t15-/m0/s1. The molecule has 0 amide bonds. The number of hydrogen-bond acceptors (Lipinski definition) is 3. The molecule has 1 aromatic rings. The van der Waals surface area contributed by atoms with Gasteiger partial charge in [-0.1, -0.05) is 28.1 Å². The number of halogens is 1. The summed E-state index contributed by atoms with van der Waals surface area (Å²) in [7, 11) is 0. The maximum atomic E-state index is 10.1. The molecule has 19 heavy (non-hydrogen) atoms. The summed E-state index contributed by atoms with van der Waals surface area (Å²) < 4.78 is 6.44. The summed E-state index contributed by atoms with van der Waals surface area (Å²) in [6, 6.07) is 6.34. The van der Waals surface area contributed by atoms with E-state index in [1.165, 1.54) is 11.1 Å². The SMILES string of the molecule is Cc1ccc(CNC[C@H](O)C2CCOCC2)c(Br)c1. The highest BCUT2D eigenvalue weighted by Crippen LogP contribution is 2.20. The van der Waals surface area contributed by atoms with Crippen molar-refractivity contribution in [3.8, 4) is 0 Å². The largest absolute Gasteiger partial charge is 0.392 e. The molecular formula is C15H22BrNO2. The van der Waals surface area contributed by atoms with Crippen molar-refractivity contribution < 1.29 is 9.84 Å². The Kier molecular flexibility index (Phi) is 5.82. The second-order valence-corrected chi connectivity index (χ2v) is 6.10. The van der Waals surface area contributed by atoms with Crippen LogP contribution in [0.15, 0.2) is 22.7 Å². The van der Waals surface area contributed by atoms with E-state index in [1.54, 1.807) is 0 Å². The molecule has 0 aliphatic carbocycles. The Morgan fingerprint density at radius 1 is 1.42 bits per heavy atom. The third-order valence-electron chi connectivity index (χ3n) is 3.69. The van der Waals surface area contributed by atoms with Crippen molar-refractivity contribution >= 4 is 15.9 Å². The van der Waals surface area contributed by atoms with Crippen LogP contribution in [0.4, 0.5) is 0 Å². The first kappa shape index (κ1) is 15.0. The first-order valence-corrected chi connectivity index (χ1v) is 7.67. The summed E-state index contributed by atoms with van der Waals surface area (Å²) in [5, 5.41) is 13.5. The molecule has 2 N–H and O–H groups in total. The van der Waals surface area contributed by atoms with Gasteiger partial charge in [0.05, 0.1) is 6.10 Å². The summed E-state index contributed by atoms with van der Waals surface area (Å²) in [4.78, 5) is 0. The van der Waals surface area contributed by atoms with Crippen LogP contribution >= 0.6 is 15.9 Å². The predicted molar refractivity (Wildman–Crippen MR) is 80.1 cm³/mol. The van der Waals surface area contributed by atoms with Crippen LogP contribution in [0.2, 0.25) is 0 Å². The van der Waals surface area contributed by atoms with Crippen molar-refractivity contribution in [3.63, 3.8) is 0 Å². The lowest BCUT2D eigenvalue weighted by Gasteiger charge is -2.26. The van der Waals surface area contributed by atoms with Crippen molar-refractivity contribution in [1.82, 2.24) is 5.32 Å². The molecule has 3 nitrogen and oxygen atoms in total. The molecule has 1 aliphatic heterocycles. The van der Waals surface area contributed by atoms with Crippen LogP contribution in [0.5, 0.6) is 0 Å². The Labute approximate surface area is 123 Å². The van der Waals surface area contributed by atoms with Crippen LogP contribution in [0.25, 0.3) is 0 Å². The molecule has 1 atom stereocenters. The lowest BCUT2D eigenvalue weighted by atomic mass is 9.94. The minimum Gasteiger partial charge on any atom is -0.392 e. The fraction of sp³-hybridized carbons (Fsp3) is 0.600. The Morgan fingerprint density at radius 2 is 2.16 bits per heavy atom. The fourth-order valence-corrected chi connectivity index (χ4v) is 3.05. The van der Waals surface area contributed by atoms with Crippen molar-refractivity contribution in [2.24, 2.45) is 5.92 Å². The second-order valence-electron chi connectivity index (χ2n) is 5.24. The minimum absolute atomic E-state index is 0.270. The van der Waals surface area contributed by atoms with E-state index in [0.29, 0.717) is 12.5 Å². The maximum absolute atomic E-state index is 10.1. The molecule has 2 rings (SSSR count). The van der Waals surface area contributed by atoms with Gasteiger partial charge in [-0.15, -0.1) is 0 Å². The minimum atomic E-state index is -0.270. The Morgan fingerprint density at radius 3 is 2.84 bits per heavy atom. The smallest absolute Gasteiger partial charge is 0.0694 e. The lowest BCUT2D eigenvalue weighted by Crippen LogP contribution is -2.35. The quantitative estimate of drug-likeness (QED) is 0.873. The molecular weight excluding hydrogens is 306 g/mol. The van der Waals surface area contributed by atoms with Gasteiger partial charge in [0.15, 0.2) is 0 Å². The summed E-state index contributed by atoms with van der Waals surface area (Å²) >= 11 is 3.57. The average molecular weight is 328 g/mol. The molecule has 0 aromatic heterocycles. The van der Waals surface area contributed by atoms with Crippen LogP contribution in [0, 0.1) is 12.8 Å². The zero-order valence-electron chi connectivity index (χ0n) is 11.4. The number of hydrogen-bond donors (Lipinski definition) is 2. The molecule has 0 unspecified atom stereocenters. The summed E-state index contributed by atoms with van der Waals surface area (Å²) in [6.45, 7) is 5.07. The lowest BCUT2D eigenvalue weighted by molar-refractivity contribution is 0.00846. The predicted octanol–water partition coefficient (Wildman–Crippen LogP) is 2.63. The number of rotatable bonds is 5. The van der Waals surface area contributed by atoms with Gasteiger partial charge in [0.1, 0.15) is 0 Å². The number of benzene rings is 1. The molecule has 4 heteroatoms. The molecule has 1 aromatic carbocycles. The molecule has 1 fully saturated rings.